The van der Waals surface area contributed by atoms with Gasteiger partial charge in [-0.05, 0) is 48.1 Å². The van der Waals surface area contributed by atoms with E-state index in [0.29, 0.717) is 5.69 Å². The molecule has 0 aromatic heterocycles. The highest BCUT2D eigenvalue weighted by molar-refractivity contribution is 5.52. The zero-order valence-electron chi connectivity index (χ0n) is 11.5. The minimum Gasteiger partial charge on any atom is -0.370 e. The first kappa shape index (κ1) is 14.0. The summed E-state index contributed by atoms with van der Waals surface area (Å²) in [5, 5.41) is 2.64. The minimum absolute atomic E-state index is 0.227. The van der Waals surface area contributed by atoms with E-state index in [1.165, 1.54) is 17.7 Å². The Hall–Kier alpha value is -1.97. The molecule has 0 bridgehead atoms. The lowest BCUT2D eigenvalue weighted by molar-refractivity contribution is -0.144. The van der Waals surface area contributed by atoms with Crippen LogP contribution in [-0.4, -0.2) is 6.18 Å². The van der Waals surface area contributed by atoms with Gasteiger partial charge in [0.2, 0.25) is 0 Å². The van der Waals surface area contributed by atoms with Gasteiger partial charge in [-0.1, -0.05) is 36.4 Å². The number of benzene rings is 2. The van der Waals surface area contributed by atoms with Crippen LogP contribution in [0.4, 0.5) is 18.9 Å². The summed E-state index contributed by atoms with van der Waals surface area (Å²) in [6.07, 6.45) is -1.27. The van der Waals surface area contributed by atoms with Gasteiger partial charge < -0.3 is 5.32 Å². The largest absolute Gasteiger partial charge is 0.412 e. The number of anilines is 1. The lowest BCUT2D eigenvalue weighted by Gasteiger charge is -2.23. The molecule has 0 saturated heterocycles. The molecule has 0 amide bonds. The second-order valence-corrected chi connectivity index (χ2v) is 5.37. The summed E-state index contributed by atoms with van der Waals surface area (Å²) in [5.74, 6) is 0. The van der Waals surface area contributed by atoms with Crippen LogP contribution in [0.1, 0.15) is 29.2 Å². The summed E-state index contributed by atoms with van der Waals surface area (Å²) < 4.78 is 39.9. The third kappa shape index (κ3) is 3.04. The molecule has 2 aromatic carbocycles. The Bertz CT molecular complexity index is 620. The molecule has 0 spiro atoms. The normalized spacial score (nSPS) is 15.6. The molecule has 1 atom stereocenters. The van der Waals surface area contributed by atoms with E-state index < -0.39 is 12.2 Å². The van der Waals surface area contributed by atoms with Gasteiger partial charge in [0.15, 0.2) is 0 Å². The summed E-state index contributed by atoms with van der Waals surface area (Å²) in [6, 6.07) is 11.8. The van der Waals surface area contributed by atoms with Crippen molar-refractivity contribution in [3.05, 3.63) is 65.2 Å². The van der Waals surface area contributed by atoms with Crippen LogP contribution < -0.4 is 5.32 Å². The van der Waals surface area contributed by atoms with Crippen LogP contribution in [0.2, 0.25) is 0 Å². The second kappa shape index (κ2) is 5.43. The monoisotopic (exact) mass is 291 g/mol. The molecule has 1 aliphatic carbocycles. The first-order valence-corrected chi connectivity index (χ1v) is 7.04. The van der Waals surface area contributed by atoms with Crippen molar-refractivity contribution in [2.45, 2.75) is 31.5 Å². The maximum atomic E-state index is 13.3. The summed E-state index contributed by atoms with van der Waals surface area (Å²) in [7, 11) is 0. The Balaban J connectivity index is 1.89. The average molecular weight is 291 g/mol. The summed E-state index contributed by atoms with van der Waals surface area (Å²) in [4.78, 5) is 0. The summed E-state index contributed by atoms with van der Waals surface area (Å²) in [6.45, 7) is 0. The number of halogens is 3. The number of rotatable bonds is 3. The van der Waals surface area contributed by atoms with E-state index in [-0.39, 0.29) is 5.56 Å². The molecule has 2 aromatic rings. The number of hydrogen-bond acceptors (Lipinski definition) is 1. The quantitative estimate of drug-likeness (QED) is 0.849. The maximum Gasteiger partial charge on any atom is 0.412 e. The fraction of sp³-hybridized carbons (Fsp3) is 0.294. The van der Waals surface area contributed by atoms with Gasteiger partial charge in [0.25, 0.3) is 0 Å². The SMILES string of the molecule is FC(F)(F)C(Nc1ccc2c(c1)CCC2)c1ccccc1. The Labute approximate surface area is 121 Å². The second-order valence-electron chi connectivity index (χ2n) is 5.37. The van der Waals surface area contributed by atoms with Crippen LogP contribution in [0.5, 0.6) is 0 Å². The molecule has 1 aliphatic rings. The third-order valence-electron chi connectivity index (χ3n) is 3.87. The Morgan fingerprint density at radius 2 is 1.62 bits per heavy atom. The van der Waals surface area contributed by atoms with Crippen molar-refractivity contribution >= 4 is 5.69 Å². The van der Waals surface area contributed by atoms with Crippen LogP contribution in [-0.2, 0) is 12.8 Å². The van der Waals surface area contributed by atoms with Crippen molar-refractivity contribution in [3.63, 3.8) is 0 Å². The molecule has 110 valence electrons. The molecule has 0 radical (unpaired) electrons. The van der Waals surface area contributed by atoms with Crippen LogP contribution >= 0.6 is 0 Å². The molecule has 3 rings (SSSR count). The molecular weight excluding hydrogens is 275 g/mol. The van der Waals surface area contributed by atoms with Crippen molar-refractivity contribution in [1.29, 1.82) is 0 Å². The lowest BCUT2D eigenvalue weighted by atomic mass is 10.0. The third-order valence-corrected chi connectivity index (χ3v) is 3.87. The molecule has 0 saturated carbocycles. The predicted octanol–water partition coefficient (Wildman–Crippen LogP) is 4.89. The van der Waals surface area contributed by atoms with Crippen LogP contribution in [0.3, 0.4) is 0 Å². The molecule has 0 aliphatic heterocycles. The van der Waals surface area contributed by atoms with Gasteiger partial charge >= 0.3 is 6.18 Å². The van der Waals surface area contributed by atoms with Crippen LogP contribution in [0.15, 0.2) is 48.5 Å². The highest BCUT2D eigenvalue weighted by Gasteiger charge is 2.40. The number of hydrogen-bond donors (Lipinski definition) is 1. The van der Waals surface area contributed by atoms with E-state index in [0.717, 1.165) is 24.8 Å². The zero-order chi connectivity index (χ0) is 14.9. The van der Waals surface area contributed by atoms with Gasteiger partial charge in [0.05, 0.1) is 0 Å². The predicted molar refractivity (Wildman–Crippen MR) is 77.3 cm³/mol. The number of alkyl halides is 3. The number of nitrogens with one attached hydrogen (secondary N) is 1. The first-order chi connectivity index (χ1) is 10.0. The molecule has 1 N–H and O–H groups in total. The van der Waals surface area contributed by atoms with E-state index >= 15 is 0 Å². The summed E-state index contributed by atoms with van der Waals surface area (Å²) in [5.41, 5.74) is 3.17. The smallest absolute Gasteiger partial charge is 0.370 e. The zero-order valence-corrected chi connectivity index (χ0v) is 11.5. The summed E-state index contributed by atoms with van der Waals surface area (Å²) >= 11 is 0. The van der Waals surface area contributed by atoms with Crippen LogP contribution in [0, 0.1) is 0 Å². The fourth-order valence-electron chi connectivity index (χ4n) is 2.83. The van der Waals surface area contributed by atoms with E-state index in [1.807, 2.05) is 12.1 Å². The van der Waals surface area contributed by atoms with Crippen molar-refractivity contribution in [2.75, 3.05) is 5.32 Å². The molecule has 4 heteroatoms. The number of fused-ring (bicyclic) bond motifs is 1. The van der Waals surface area contributed by atoms with E-state index in [1.54, 1.807) is 24.3 Å². The van der Waals surface area contributed by atoms with Crippen molar-refractivity contribution in [2.24, 2.45) is 0 Å². The Kier molecular flexibility index (Phi) is 3.62. The van der Waals surface area contributed by atoms with Gasteiger partial charge in [-0.15, -0.1) is 0 Å². The van der Waals surface area contributed by atoms with E-state index in [9.17, 15) is 13.2 Å². The van der Waals surface area contributed by atoms with Gasteiger partial charge in [-0.25, -0.2) is 0 Å². The van der Waals surface area contributed by atoms with E-state index in [4.69, 9.17) is 0 Å². The highest BCUT2D eigenvalue weighted by Crippen LogP contribution is 2.36. The fourth-order valence-corrected chi connectivity index (χ4v) is 2.83. The van der Waals surface area contributed by atoms with Gasteiger partial charge in [0.1, 0.15) is 6.04 Å². The average Bonchev–Trinajstić information content (AvgIpc) is 2.92. The molecule has 1 nitrogen and oxygen atoms in total. The Morgan fingerprint density at radius 1 is 0.905 bits per heavy atom. The van der Waals surface area contributed by atoms with Crippen molar-refractivity contribution in [3.8, 4) is 0 Å². The molecule has 1 unspecified atom stereocenters. The van der Waals surface area contributed by atoms with Gasteiger partial charge in [0, 0.05) is 5.69 Å². The molecule has 0 heterocycles. The maximum absolute atomic E-state index is 13.3. The lowest BCUT2D eigenvalue weighted by Crippen LogP contribution is -2.27. The van der Waals surface area contributed by atoms with Gasteiger partial charge in [-0.3, -0.25) is 0 Å². The Morgan fingerprint density at radius 3 is 2.33 bits per heavy atom. The van der Waals surface area contributed by atoms with Crippen LogP contribution in [0.25, 0.3) is 0 Å². The topological polar surface area (TPSA) is 12.0 Å². The van der Waals surface area contributed by atoms with Crippen molar-refractivity contribution < 1.29 is 13.2 Å². The van der Waals surface area contributed by atoms with Gasteiger partial charge in [-0.2, -0.15) is 13.2 Å². The molecular formula is C17H16F3N. The molecule has 0 fully saturated rings. The molecule has 21 heavy (non-hydrogen) atoms. The highest BCUT2D eigenvalue weighted by atomic mass is 19.4. The minimum atomic E-state index is -4.33. The first-order valence-electron chi connectivity index (χ1n) is 7.04. The standard InChI is InChI=1S/C17H16F3N/c18-17(19,20)16(13-5-2-1-3-6-13)21-15-10-9-12-7-4-8-14(12)11-15/h1-3,5-6,9-11,16,21H,4,7-8H2. The van der Waals surface area contributed by atoms with Crippen molar-refractivity contribution in [1.82, 2.24) is 0 Å². The van der Waals surface area contributed by atoms with E-state index in [2.05, 4.69) is 5.32 Å². The number of aryl methyl sites for hydroxylation is 2.